The Bertz CT molecular complexity index is 490. The molecule has 0 aliphatic rings. The summed E-state index contributed by atoms with van der Waals surface area (Å²) in [5, 5.41) is 0. The standard InChI is InChI=1S/C16H20O4/c1-11(10-14(19-3)16(18)20-4)12(2)15(17)13-8-6-5-7-9-13/h5-12H,1-4H3/b14-10-/t11-,12+/m1/s1. The van der Waals surface area contributed by atoms with Crippen LogP contribution in [0.2, 0.25) is 0 Å². The smallest absolute Gasteiger partial charge is 0.372 e. The monoisotopic (exact) mass is 276 g/mol. The van der Waals surface area contributed by atoms with Gasteiger partial charge in [-0.1, -0.05) is 44.2 Å². The summed E-state index contributed by atoms with van der Waals surface area (Å²) in [5.74, 6) is -0.787. The Hall–Kier alpha value is -2.10. The zero-order valence-electron chi connectivity index (χ0n) is 12.3. The molecule has 2 atom stereocenters. The van der Waals surface area contributed by atoms with Gasteiger partial charge in [0, 0.05) is 11.5 Å². The summed E-state index contributed by atoms with van der Waals surface area (Å²) < 4.78 is 9.60. The molecule has 0 N–H and O–H groups in total. The van der Waals surface area contributed by atoms with Crippen LogP contribution in [0.5, 0.6) is 0 Å². The van der Waals surface area contributed by atoms with Crippen molar-refractivity contribution in [2.75, 3.05) is 14.2 Å². The predicted molar refractivity (Wildman–Crippen MR) is 76.2 cm³/mol. The quantitative estimate of drug-likeness (QED) is 0.347. The van der Waals surface area contributed by atoms with Gasteiger partial charge in [0.2, 0.25) is 5.76 Å². The van der Waals surface area contributed by atoms with Crippen LogP contribution in [-0.4, -0.2) is 26.0 Å². The van der Waals surface area contributed by atoms with Crippen LogP contribution in [0.15, 0.2) is 42.2 Å². The van der Waals surface area contributed by atoms with Crippen molar-refractivity contribution in [3.63, 3.8) is 0 Å². The van der Waals surface area contributed by atoms with Crippen molar-refractivity contribution in [2.24, 2.45) is 11.8 Å². The summed E-state index contributed by atoms with van der Waals surface area (Å²) in [6.07, 6.45) is 1.62. The van der Waals surface area contributed by atoms with Gasteiger partial charge < -0.3 is 9.47 Å². The van der Waals surface area contributed by atoms with Crippen LogP contribution in [0.3, 0.4) is 0 Å². The average molecular weight is 276 g/mol. The van der Waals surface area contributed by atoms with E-state index in [1.54, 1.807) is 18.2 Å². The van der Waals surface area contributed by atoms with Crippen molar-refractivity contribution in [3.8, 4) is 0 Å². The van der Waals surface area contributed by atoms with Crippen LogP contribution in [-0.2, 0) is 14.3 Å². The molecule has 0 saturated heterocycles. The highest BCUT2D eigenvalue weighted by Gasteiger charge is 2.22. The number of hydrogen-bond donors (Lipinski definition) is 0. The molecular formula is C16H20O4. The van der Waals surface area contributed by atoms with Gasteiger partial charge in [0.15, 0.2) is 5.78 Å². The summed E-state index contributed by atoms with van der Waals surface area (Å²) in [5.41, 5.74) is 0.664. The topological polar surface area (TPSA) is 52.6 Å². The third-order valence-corrected chi connectivity index (χ3v) is 3.28. The van der Waals surface area contributed by atoms with Crippen LogP contribution in [0, 0.1) is 11.8 Å². The number of benzene rings is 1. The highest BCUT2D eigenvalue weighted by Crippen LogP contribution is 2.20. The second-order valence-corrected chi connectivity index (χ2v) is 4.60. The molecule has 0 unspecified atom stereocenters. The van der Waals surface area contributed by atoms with Crippen molar-refractivity contribution in [3.05, 3.63) is 47.7 Å². The average Bonchev–Trinajstić information content (AvgIpc) is 2.50. The van der Waals surface area contributed by atoms with E-state index in [4.69, 9.17) is 4.74 Å². The molecule has 1 aromatic rings. The van der Waals surface area contributed by atoms with Crippen LogP contribution in [0.4, 0.5) is 0 Å². The molecule has 0 spiro atoms. The SMILES string of the molecule is COC(=O)/C(=C/[C@@H](C)[C@H](C)C(=O)c1ccccc1)OC. The number of allylic oxidation sites excluding steroid dienone is 1. The molecule has 108 valence electrons. The molecule has 20 heavy (non-hydrogen) atoms. The molecule has 4 heteroatoms. The van der Waals surface area contributed by atoms with E-state index in [9.17, 15) is 9.59 Å². The molecule has 0 amide bonds. The minimum atomic E-state index is -0.543. The van der Waals surface area contributed by atoms with E-state index in [1.807, 2.05) is 32.0 Å². The maximum absolute atomic E-state index is 12.3. The number of Topliss-reactive ketones (excluding diaryl/α,β-unsaturated/α-hetero) is 1. The first-order valence-electron chi connectivity index (χ1n) is 6.44. The summed E-state index contributed by atoms with van der Waals surface area (Å²) in [6, 6.07) is 9.09. The number of hydrogen-bond acceptors (Lipinski definition) is 4. The maximum Gasteiger partial charge on any atom is 0.372 e. The number of carbonyl (C=O) groups is 2. The number of methoxy groups -OCH3 is 2. The number of rotatable bonds is 6. The van der Waals surface area contributed by atoms with Gasteiger partial charge in [0.05, 0.1) is 14.2 Å². The highest BCUT2D eigenvalue weighted by molar-refractivity contribution is 5.98. The molecule has 1 aromatic carbocycles. The summed E-state index contributed by atoms with van der Waals surface area (Å²) >= 11 is 0. The van der Waals surface area contributed by atoms with Crippen molar-refractivity contribution in [2.45, 2.75) is 13.8 Å². The Kier molecular flexibility index (Phi) is 5.97. The molecule has 0 saturated carbocycles. The van der Waals surface area contributed by atoms with Gasteiger partial charge in [-0.25, -0.2) is 4.79 Å². The lowest BCUT2D eigenvalue weighted by Gasteiger charge is -2.16. The second kappa shape index (κ2) is 7.48. The lowest BCUT2D eigenvalue weighted by atomic mass is 9.88. The Morgan fingerprint density at radius 2 is 1.65 bits per heavy atom. The lowest BCUT2D eigenvalue weighted by molar-refractivity contribution is -0.139. The number of ether oxygens (including phenoxy) is 2. The third-order valence-electron chi connectivity index (χ3n) is 3.28. The summed E-state index contributed by atoms with van der Waals surface area (Å²) in [4.78, 5) is 23.7. The molecule has 0 aromatic heterocycles. The fourth-order valence-electron chi connectivity index (χ4n) is 1.81. The van der Waals surface area contributed by atoms with Crippen LogP contribution < -0.4 is 0 Å². The Labute approximate surface area is 119 Å². The van der Waals surface area contributed by atoms with Crippen molar-refractivity contribution >= 4 is 11.8 Å². The first-order chi connectivity index (χ1) is 9.51. The van der Waals surface area contributed by atoms with E-state index in [0.717, 1.165) is 0 Å². The number of esters is 1. The van der Waals surface area contributed by atoms with Crippen LogP contribution >= 0.6 is 0 Å². The fraction of sp³-hybridized carbons (Fsp3) is 0.375. The van der Waals surface area contributed by atoms with E-state index in [2.05, 4.69) is 4.74 Å². The van der Waals surface area contributed by atoms with Crippen LogP contribution in [0.25, 0.3) is 0 Å². The van der Waals surface area contributed by atoms with Crippen LogP contribution in [0.1, 0.15) is 24.2 Å². The first kappa shape index (κ1) is 16.0. The molecular weight excluding hydrogens is 256 g/mol. The second-order valence-electron chi connectivity index (χ2n) is 4.60. The predicted octanol–water partition coefficient (Wildman–Crippen LogP) is 2.84. The van der Waals surface area contributed by atoms with E-state index in [-0.39, 0.29) is 23.4 Å². The van der Waals surface area contributed by atoms with Gasteiger partial charge in [0.1, 0.15) is 0 Å². The molecule has 4 nitrogen and oxygen atoms in total. The van der Waals surface area contributed by atoms with Gasteiger partial charge in [-0.05, 0) is 12.0 Å². The largest absolute Gasteiger partial charge is 0.490 e. The minimum Gasteiger partial charge on any atom is -0.490 e. The number of carbonyl (C=O) groups excluding carboxylic acids is 2. The van der Waals surface area contributed by atoms with E-state index in [1.165, 1.54) is 14.2 Å². The molecule has 0 bridgehead atoms. The molecule has 0 aliphatic carbocycles. The summed E-state index contributed by atoms with van der Waals surface area (Å²) in [6.45, 7) is 3.70. The lowest BCUT2D eigenvalue weighted by Crippen LogP contribution is -2.19. The number of ketones is 1. The van der Waals surface area contributed by atoms with Gasteiger partial charge in [0.25, 0.3) is 0 Å². The molecule has 0 heterocycles. The van der Waals surface area contributed by atoms with Gasteiger partial charge >= 0.3 is 5.97 Å². The molecule has 1 rings (SSSR count). The van der Waals surface area contributed by atoms with Crippen molar-refractivity contribution in [1.82, 2.24) is 0 Å². The first-order valence-corrected chi connectivity index (χ1v) is 6.44. The van der Waals surface area contributed by atoms with Crippen molar-refractivity contribution in [1.29, 1.82) is 0 Å². The Morgan fingerprint density at radius 3 is 2.15 bits per heavy atom. The zero-order valence-corrected chi connectivity index (χ0v) is 12.3. The normalized spacial score (nSPS) is 14.3. The van der Waals surface area contributed by atoms with Gasteiger partial charge in [-0.15, -0.1) is 0 Å². The zero-order chi connectivity index (χ0) is 15.1. The third kappa shape index (κ3) is 3.95. The van der Waals surface area contributed by atoms with E-state index >= 15 is 0 Å². The minimum absolute atomic E-state index is 0.0367. The Morgan fingerprint density at radius 1 is 1.05 bits per heavy atom. The van der Waals surface area contributed by atoms with E-state index in [0.29, 0.717) is 5.56 Å². The van der Waals surface area contributed by atoms with Gasteiger partial charge in [-0.2, -0.15) is 0 Å². The molecule has 0 fully saturated rings. The summed E-state index contributed by atoms with van der Waals surface area (Å²) in [7, 11) is 2.69. The molecule has 0 radical (unpaired) electrons. The Balaban J connectivity index is 2.86. The fourth-order valence-corrected chi connectivity index (χ4v) is 1.81. The van der Waals surface area contributed by atoms with Gasteiger partial charge in [-0.3, -0.25) is 4.79 Å². The van der Waals surface area contributed by atoms with Crippen molar-refractivity contribution < 1.29 is 19.1 Å². The van der Waals surface area contributed by atoms with E-state index < -0.39 is 5.97 Å². The highest BCUT2D eigenvalue weighted by atomic mass is 16.6. The maximum atomic E-state index is 12.3. The molecule has 0 aliphatic heterocycles.